The Balaban J connectivity index is 1.97. The molecule has 1 aromatic heterocycles. The molecule has 0 saturated carbocycles. The number of aromatic nitrogens is 1. The van der Waals surface area contributed by atoms with Gasteiger partial charge in [0.05, 0.1) is 0 Å². The van der Waals surface area contributed by atoms with E-state index >= 15 is 0 Å². The number of carbonyl (C=O) groups excluding carboxylic acids is 2. The highest BCUT2D eigenvalue weighted by Crippen LogP contribution is 2.09. The molecule has 2 rings (SSSR count). The molecular weight excluding hydrogens is 252 g/mol. The number of pyridine rings is 1. The van der Waals surface area contributed by atoms with E-state index in [0.29, 0.717) is 11.3 Å². The highest BCUT2D eigenvalue weighted by Gasteiger charge is 2.09. The molecule has 0 fully saturated rings. The predicted octanol–water partition coefficient (Wildman–Crippen LogP) is 2.12. The van der Waals surface area contributed by atoms with Crippen molar-refractivity contribution >= 4 is 17.4 Å². The molecule has 0 unspecified atom stereocenters. The second-order valence-electron chi connectivity index (χ2n) is 4.73. The summed E-state index contributed by atoms with van der Waals surface area (Å²) in [6, 6.07) is 10.8. The van der Waals surface area contributed by atoms with Crippen LogP contribution in [0.1, 0.15) is 22.8 Å². The van der Waals surface area contributed by atoms with Gasteiger partial charge in [-0.2, -0.15) is 4.57 Å². The third-order valence-electron chi connectivity index (χ3n) is 2.96. The molecule has 1 aromatic carbocycles. The summed E-state index contributed by atoms with van der Waals surface area (Å²) in [6.45, 7) is 3.78. The number of hydrogen-bond acceptors (Lipinski definition) is 2. The maximum atomic E-state index is 11.9. The fourth-order valence-corrected chi connectivity index (χ4v) is 1.79. The Bertz CT molecular complexity index is 616. The van der Waals surface area contributed by atoms with Gasteiger partial charge in [0.2, 0.25) is 6.54 Å². The third-order valence-corrected chi connectivity index (χ3v) is 2.96. The fraction of sp³-hybridized carbons (Fsp3) is 0.188. The lowest BCUT2D eigenvalue weighted by molar-refractivity contribution is -0.684. The Kier molecular flexibility index (Phi) is 4.25. The van der Waals surface area contributed by atoms with Crippen LogP contribution >= 0.6 is 0 Å². The van der Waals surface area contributed by atoms with Crippen molar-refractivity contribution in [3.05, 3.63) is 59.9 Å². The normalized spacial score (nSPS) is 10.1. The maximum absolute atomic E-state index is 11.9. The number of anilines is 1. The van der Waals surface area contributed by atoms with E-state index < -0.39 is 0 Å². The second kappa shape index (κ2) is 6.10. The zero-order valence-electron chi connectivity index (χ0n) is 11.6. The number of aryl methyl sites for hydroxylation is 1. The van der Waals surface area contributed by atoms with Crippen molar-refractivity contribution in [3.63, 3.8) is 0 Å². The van der Waals surface area contributed by atoms with Crippen LogP contribution in [0.25, 0.3) is 0 Å². The lowest BCUT2D eigenvalue weighted by atomic mass is 10.1. The molecule has 0 spiro atoms. The van der Waals surface area contributed by atoms with E-state index in [9.17, 15) is 9.59 Å². The van der Waals surface area contributed by atoms with Crippen LogP contribution in [0.4, 0.5) is 5.69 Å². The first-order valence-electron chi connectivity index (χ1n) is 6.41. The van der Waals surface area contributed by atoms with Gasteiger partial charge in [-0.1, -0.05) is 0 Å². The standard InChI is InChI=1S/C16H16N2O2/c1-12-7-9-18(10-8-12)11-16(20)17-15-5-3-14(4-6-15)13(2)19/h3-10H,11H2,1-2H3/p+1. The number of rotatable bonds is 4. The first kappa shape index (κ1) is 13.9. The molecule has 0 aliphatic carbocycles. The monoisotopic (exact) mass is 269 g/mol. The van der Waals surface area contributed by atoms with Crippen molar-refractivity contribution in [1.29, 1.82) is 0 Å². The molecule has 4 heteroatoms. The van der Waals surface area contributed by atoms with Crippen molar-refractivity contribution in [3.8, 4) is 0 Å². The van der Waals surface area contributed by atoms with Gasteiger partial charge in [0, 0.05) is 23.4 Å². The summed E-state index contributed by atoms with van der Waals surface area (Å²) in [5, 5.41) is 2.80. The van der Waals surface area contributed by atoms with Gasteiger partial charge >= 0.3 is 0 Å². The molecule has 0 aliphatic heterocycles. The van der Waals surface area contributed by atoms with Gasteiger partial charge in [-0.15, -0.1) is 0 Å². The summed E-state index contributed by atoms with van der Waals surface area (Å²) in [7, 11) is 0. The number of nitrogens with zero attached hydrogens (tertiary/aromatic N) is 1. The number of nitrogens with one attached hydrogen (secondary N) is 1. The topological polar surface area (TPSA) is 50.1 Å². The lowest BCUT2D eigenvalue weighted by Crippen LogP contribution is -2.39. The Morgan fingerprint density at radius 1 is 1.05 bits per heavy atom. The van der Waals surface area contributed by atoms with Gasteiger partial charge in [-0.3, -0.25) is 9.59 Å². The molecule has 0 bridgehead atoms. The number of hydrogen-bond donors (Lipinski definition) is 1. The van der Waals surface area contributed by atoms with Gasteiger partial charge in [0.1, 0.15) is 0 Å². The minimum atomic E-state index is -0.102. The molecule has 20 heavy (non-hydrogen) atoms. The van der Waals surface area contributed by atoms with Crippen molar-refractivity contribution < 1.29 is 14.2 Å². The zero-order chi connectivity index (χ0) is 14.5. The Hall–Kier alpha value is -2.49. The number of benzene rings is 1. The average Bonchev–Trinajstić information content (AvgIpc) is 2.42. The SMILES string of the molecule is CC(=O)c1ccc(NC(=O)C[n+]2ccc(C)cc2)cc1. The van der Waals surface area contributed by atoms with Crippen LogP contribution < -0.4 is 9.88 Å². The van der Waals surface area contributed by atoms with Gasteiger partial charge in [0.15, 0.2) is 18.2 Å². The second-order valence-corrected chi connectivity index (χ2v) is 4.73. The van der Waals surface area contributed by atoms with Gasteiger partial charge in [-0.05, 0) is 43.7 Å². The van der Waals surface area contributed by atoms with E-state index in [0.717, 1.165) is 5.56 Å². The summed E-state index contributed by atoms with van der Waals surface area (Å²) < 4.78 is 1.81. The largest absolute Gasteiger partial charge is 0.321 e. The molecular formula is C16H17N2O2+. The molecule has 1 amide bonds. The Morgan fingerprint density at radius 3 is 2.20 bits per heavy atom. The zero-order valence-corrected chi connectivity index (χ0v) is 11.6. The van der Waals surface area contributed by atoms with Crippen LogP contribution in [0, 0.1) is 6.92 Å². The van der Waals surface area contributed by atoms with E-state index in [1.54, 1.807) is 24.3 Å². The number of ketones is 1. The first-order valence-corrected chi connectivity index (χ1v) is 6.41. The third kappa shape index (κ3) is 3.75. The highest BCUT2D eigenvalue weighted by molar-refractivity contribution is 5.95. The molecule has 1 N–H and O–H groups in total. The fourth-order valence-electron chi connectivity index (χ4n) is 1.79. The Morgan fingerprint density at radius 2 is 1.65 bits per heavy atom. The lowest BCUT2D eigenvalue weighted by Gasteiger charge is -2.04. The molecule has 4 nitrogen and oxygen atoms in total. The van der Waals surface area contributed by atoms with Crippen LogP contribution in [0.15, 0.2) is 48.8 Å². The van der Waals surface area contributed by atoms with E-state index in [1.807, 2.05) is 36.0 Å². The minimum Gasteiger partial charge on any atom is -0.321 e. The molecule has 0 atom stereocenters. The molecule has 102 valence electrons. The van der Waals surface area contributed by atoms with Crippen molar-refractivity contribution in [1.82, 2.24) is 0 Å². The molecule has 0 aliphatic rings. The molecule has 0 saturated heterocycles. The predicted molar refractivity (Wildman–Crippen MR) is 76.5 cm³/mol. The van der Waals surface area contributed by atoms with Gasteiger partial charge in [-0.25, -0.2) is 0 Å². The molecule has 1 heterocycles. The number of amides is 1. The van der Waals surface area contributed by atoms with Crippen LogP contribution in [0.5, 0.6) is 0 Å². The summed E-state index contributed by atoms with van der Waals surface area (Å²) >= 11 is 0. The minimum absolute atomic E-state index is 0.0121. The van der Waals surface area contributed by atoms with Crippen LogP contribution in [0.3, 0.4) is 0 Å². The summed E-state index contributed by atoms with van der Waals surface area (Å²) in [5.74, 6) is -0.0903. The smallest absolute Gasteiger partial charge is 0.290 e. The van der Waals surface area contributed by atoms with E-state index in [-0.39, 0.29) is 18.2 Å². The van der Waals surface area contributed by atoms with Crippen LogP contribution in [-0.4, -0.2) is 11.7 Å². The van der Waals surface area contributed by atoms with Crippen LogP contribution in [0.2, 0.25) is 0 Å². The van der Waals surface area contributed by atoms with Crippen molar-refractivity contribution in [2.75, 3.05) is 5.32 Å². The first-order chi connectivity index (χ1) is 9.54. The maximum Gasteiger partial charge on any atom is 0.290 e. The van der Waals surface area contributed by atoms with Gasteiger partial charge < -0.3 is 5.32 Å². The van der Waals surface area contributed by atoms with E-state index in [2.05, 4.69) is 5.32 Å². The van der Waals surface area contributed by atoms with Gasteiger partial charge in [0.25, 0.3) is 5.91 Å². The van der Waals surface area contributed by atoms with Crippen molar-refractivity contribution in [2.24, 2.45) is 0 Å². The quantitative estimate of drug-likeness (QED) is 0.683. The number of Topliss-reactive ketones (excluding diaryl/α,β-unsaturated/α-hetero) is 1. The van der Waals surface area contributed by atoms with E-state index in [1.165, 1.54) is 6.92 Å². The number of carbonyl (C=O) groups is 2. The highest BCUT2D eigenvalue weighted by atomic mass is 16.2. The van der Waals surface area contributed by atoms with Crippen LogP contribution in [-0.2, 0) is 11.3 Å². The Labute approximate surface area is 118 Å². The molecule has 2 aromatic rings. The summed E-state index contributed by atoms with van der Waals surface area (Å²) in [6.07, 6.45) is 3.74. The summed E-state index contributed by atoms with van der Waals surface area (Å²) in [4.78, 5) is 23.0. The average molecular weight is 269 g/mol. The van der Waals surface area contributed by atoms with Crippen molar-refractivity contribution in [2.45, 2.75) is 20.4 Å². The summed E-state index contributed by atoms with van der Waals surface area (Å²) in [5.41, 5.74) is 2.48. The van der Waals surface area contributed by atoms with E-state index in [4.69, 9.17) is 0 Å². The molecule has 0 radical (unpaired) electrons.